The van der Waals surface area contributed by atoms with E-state index in [1.807, 2.05) is 37.3 Å². The van der Waals surface area contributed by atoms with Crippen molar-refractivity contribution in [2.24, 2.45) is 0 Å². The summed E-state index contributed by atoms with van der Waals surface area (Å²) >= 11 is 3.44. The van der Waals surface area contributed by atoms with Crippen LogP contribution < -0.4 is 5.32 Å². The Morgan fingerprint density at radius 2 is 2.14 bits per heavy atom. The second kappa shape index (κ2) is 6.72. The average Bonchev–Trinajstić information content (AvgIpc) is 2.46. The fourth-order valence-electron chi connectivity index (χ4n) is 2.12. The molecule has 0 saturated heterocycles. The molecular weight excluding hydrogens is 330 g/mol. The molecule has 0 saturated carbocycles. The van der Waals surface area contributed by atoms with E-state index in [1.165, 1.54) is 0 Å². The zero-order valence-corrected chi connectivity index (χ0v) is 13.9. The first-order valence-corrected chi connectivity index (χ1v) is 7.45. The first-order valence-electron chi connectivity index (χ1n) is 6.65. The number of hydrogen-bond acceptors (Lipinski definition) is 3. The van der Waals surface area contributed by atoms with Crippen molar-refractivity contribution >= 4 is 27.5 Å². The van der Waals surface area contributed by atoms with E-state index in [2.05, 4.69) is 26.2 Å². The highest BCUT2D eigenvalue weighted by Gasteiger charge is 2.16. The van der Waals surface area contributed by atoms with E-state index in [1.54, 1.807) is 25.2 Å². The van der Waals surface area contributed by atoms with Gasteiger partial charge >= 0.3 is 0 Å². The van der Waals surface area contributed by atoms with Crippen molar-refractivity contribution < 1.29 is 4.79 Å². The molecule has 21 heavy (non-hydrogen) atoms. The average molecular weight is 348 g/mol. The van der Waals surface area contributed by atoms with Gasteiger partial charge in [0.25, 0.3) is 5.91 Å². The van der Waals surface area contributed by atoms with Crippen molar-refractivity contribution in [3.8, 4) is 0 Å². The van der Waals surface area contributed by atoms with Gasteiger partial charge in [0, 0.05) is 37.0 Å². The number of hydrogen-bond donors (Lipinski definition) is 1. The standard InChI is InChI=1S/C16H18BrN3O/c1-11-7-15(18-2)14(9-19-11)16(21)20(3)10-12-5-4-6-13(17)8-12/h4-9H,10H2,1-3H3,(H,18,19). The molecule has 0 atom stereocenters. The van der Waals surface area contributed by atoms with E-state index in [-0.39, 0.29) is 5.91 Å². The number of amides is 1. The van der Waals surface area contributed by atoms with Gasteiger partial charge in [0.05, 0.1) is 11.3 Å². The Bertz CT molecular complexity index is 658. The maximum Gasteiger partial charge on any atom is 0.257 e. The van der Waals surface area contributed by atoms with E-state index < -0.39 is 0 Å². The molecule has 0 aliphatic rings. The van der Waals surface area contributed by atoms with Crippen molar-refractivity contribution in [1.82, 2.24) is 9.88 Å². The molecule has 0 bridgehead atoms. The van der Waals surface area contributed by atoms with Crippen molar-refractivity contribution in [3.63, 3.8) is 0 Å². The number of benzene rings is 1. The largest absolute Gasteiger partial charge is 0.387 e. The molecule has 0 radical (unpaired) electrons. The lowest BCUT2D eigenvalue weighted by Gasteiger charge is -2.19. The molecule has 0 aliphatic carbocycles. The van der Waals surface area contributed by atoms with Gasteiger partial charge in [-0.05, 0) is 30.7 Å². The molecular formula is C16H18BrN3O. The first-order chi connectivity index (χ1) is 10.0. The quantitative estimate of drug-likeness (QED) is 0.920. The zero-order valence-electron chi connectivity index (χ0n) is 12.4. The third kappa shape index (κ3) is 3.82. The lowest BCUT2D eigenvalue weighted by atomic mass is 10.1. The van der Waals surface area contributed by atoms with Crippen molar-refractivity contribution in [3.05, 3.63) is 57.8 Å². The molecule has 0 fully saturated rings. The van der Waals surface area contributed by atoms with Gasteiger partial charge in [-0.3, -0.25) is 9.78 Å². The molecule has 4 nitrogen and oxygen atoms in total. The number of anilines is 1. The third-order valence-corrected chi connectivity index (χ3v) is 3.69. The van der Waals surface area contributed by atoms with E-state index in [0.29, 0.717) is 12.1 Å². The summed E-state index contributed by atoms with van der Waals surface area (Å²) in [7, 11) is 3.60. The molecule has 1 aromatic carbocycles. The number of aromatic nitrogens is 1. The highest BCUT2D eigenvalue weighted by molar-refractivity contribution is 9.10. The second-order valence-corrected chi connectivity index (χ2v) is 5.83. The first kappa shape index (κ1) is 15.5. The van der Waals surface area contributed by atoms with Crippen LogP contribution in [0.1, 0.15) is 21.6 Å². The van der Waals surface area contributed by atoms with Crippen molar-refractivity contribution in [2.45, 2.75) is 13.5 Å². The number of nitrogens with one attached hydrogen (secondary N) is 1. The molecule has 1 N–H and O–H groups in total. The number of pyridine rings is 1. The lowest BCUT2D eigenvalue weighted by Crippen LogP contribution is -2.27. The van der Waals surface area contributed by atoms with Crippen LogP contribution in [0.15, 0.2) is 41.0 Å². The highest BCUT2D eigenvalue weighted by atomic mass is 79.9. The maximum atomic E-state index is 12.6. The van der Waals surface area contributed by atoms with Crippen molar-refractivity contribution in [1.29, 1.82) is 0 Å². The van der Waals surface area contributed by atoms with Gasteiger partial charge in [-0.15, -0.1) is 0 Å². The molecule has 0 spiro atoms. The van der Waals surface area contributed by atoms with Gasteiger partial charge < -0.3 is 10.2 Å². The minimum Gasteiger partial charge on any atom is -0.387 e. The lowest BCUT2D eigenvalue weighted by molar-refractivity contribution is 0.0785. The summed E-state index contributed by atoms with van der Waals surface area (Å²) in [6.45, 7) is 2.45. The van der Waals surface area contributed by atoms with Gasteiger partial charge in [0.2, 0.25) is 0 Å². The Labute approximate surface area is 133 Å². The van der Waals surface area contributed by atoms with E-state index in [9.17, 15) is 4.79 Å². The smallest absolute Gasteiger partial charge is 0.257 e. The molecule has 110 valence electrons. The molecule has 1 amide bonds. The Balaban J connectivity index is 2.19. The van der Waals surface area contributed by atoms with Crippen LogP contribution in [0.3, 0.4) is 0 Å². The normalized spacial score (nSPS) is 10.3. The molecule has 1 heterocycles. The van der Waals surface area contributed by atoms with Gasteiger partial charge in [0.1, 0.15) is 0 Å². The molecule has 0 aliphatic heterocycles. The SMILES string of the molecule is CNc1cc(C)ncc1C(=O)N(C)Cc1cccc(Br)c1. The van der Waals surface area contributed by atoms with Crippen LogP contribution in [0.25, 0.3) is 0 Å². The summed E-state index contributed by atoms with van der Waals surface area (Å²) in [6, 6.07) is 9.82. The topological polar surface area (TPSA) is 45.2 Å². The Morgan fingerprint density at radius 3 is 2.81 bits per heavy atom. The molecule has 0 unspecified atom stereocenters. The maximum absolute atomic E-state index is 12.6. The molecule has 2 rings (SSSR count). The fourth-order valence-corrected chi connectivity index (χ4v) is 2.57. The zero-order chi connectivity index (χ0) is 15.4. The predicted octanol–water partition coefficient (Wildman–Crippen LogP) is 3.47. The van der Waals surface area contributed by atoms with Crippen LogP contribution in [0.5, 0.6) is 0 Å². The summed E-state index contributed by atoms with van der Waals surface area (Å²) in [5.74, 6) is -0.0492. The highest BCUT2D eigenvalue weighted by Crippen LogP contribution is 2.19. The van der Waals surface area contributed by atoms with E-state index in [0.717, 1.165) is 21.4 Å². The van der Waals surface area contributed by atoms with Crippen LogP contribution in [-0.2, 0) is 6.54 Å². The minimum absolute atomic E-state index is 0.0492. The monoisotopic (exact) mass is 347 g/mol. The number of carbonyl (C=O) groups excluding carboxylic acids is 1. The number of halogens is 1. The minimum atomic E-state index is -0.0492. The Kier molecular flexibility index (Phi) is 4.96. The summed E-state index contributed by atoms with van der Waals surface area (Å²) in [5.41, 5.74) is 3.34. The van der Waals surface area contributed by atoms with Gasteiger partial charge in [-0.1, -0.05) is 28.1 Å². The predicted molar refractivity (Wildman–Crippen MR) is 88.5 cm³/mol. The van der Waals surface area contributed by atoms with Crippen LogP contribution in [0.4, 0.5) is 5.69 Å². The van der Waals surface area contributed by atoms with E-state index in [4.69, 9.17) is 0 Å². The van der Waals surface area contributed by atoms with Gasteiger partial charge in [-0.25, -0.2) is 0 Å². The Morgan fingerprint density at radius 1 is 1.38 bits per heavy atom. The number of aryl methyl sites for hydroxylation is 1. The third-order valence-electron chi connectivity index (χ3n) is 3.20. The fraction of sp³-hybridized carbons (Fsp3) is 0.250. The molecule has 5 heteroatoms. The number of carbonyl (C=O) groups is 1. The second-order valence-electron chi connectivity index (χ2n) is 4.91. The Hall–Kier alpha value is -1.88. The van der Waals surface area contributed by atoms with Crippen LogP contribution >= 0.6 is 15.9 Å². The van der Waals surface area contributed by atoms with Gasteiger partial charge in [0.15, 0.2) is 0 Å². The molecule has 2 aromatic rings. The number of rotatable bonds is 4. The van der Waals surface area contributed by atoms with Crippen LogP contribution in [-0.4, -0.2) is 29.9 Å². The van der Waals surface area contributed by atoms with Gasteiger partial charge in [-0.2, -0.15) is 0 Å². The summed E-state index contributed by atoms with van der Waals surface area (Å²) < 4.78 is 1.01. The number of nitrogens with zero attached hydrogens (tertiary/aromatic N) is 2. The van der Waals surface area contributed by atoms with Crippen molar-refractivity contribution in [2.75, 3.05) is 19.4 Å². The van der Waals surface area contributed by atoms with E-state index >= 15 is 0 Å². The summed E-state index contributed by atoms with van der Waals surface area (Å²) in [4.78, 5) is 18.5. The summed E-state index contributed by atoms with van der Waals surface area (Å²) in [5, 5.41) is 3.05. The van der Waals surface area contributed by atoms with Crippen LogP contribution in [0, 0.1) is 6.92 Å². The van der Waals surface area contributed by atoms with Crippen LogP contribution in [0.2, 0.25) is 0 Å². The summed E-state index contributed by atoms with van der Waals surface area (Å²) in [6.07, 6.45) is 1.63. The molecule has 1 aromatic heterocycles.